The number of amides is 1. The SMILES string of the molecule is O=C(O)c1ccoc1C(=O)N1CCC2(CCCC2)C1. The summed E-state index contributed by atoms with van der Waals surface area (Å²) in [6.07, 6.45) is 7.13. The highest BCUT2D eigenvalue weighted by atomic mass is 16.4. The number of hydrogen-bond acceptors (Lipinski definition) is 3. The van der Waals surface area contributed by atoms with E-state index in [4.69, 9.17) is 9.52 Å². The molecule has 1 saturated heterocycles. The predicted molar refractivity (Wildman–Crippen MR) is 67.1 cm³/mol. The van der Waals surface area contributed by atoms with Gasteiger partial charge in [-0.2, -0.15) is 0 Å². The van der Waals surface area contributed by atoms with Crippen LogP contribution in [-0.4, -0.2) is 35.0 Å². The Labute approximate surface area is 111 Å². The molecular formula is C14H17NO4. The van der Waals surface area contributed by atoms with Crippen molar-refractivity contribution in [3.63, 3.8) is 0 Å². The van der Waals surface area contributed by atoms with Crippen molar-refractivity contribution in [3.8, 4) is 0 Å². The second-order valence-corrected chi connectivity index (χ2v) is 5.65. The lowest BCUT2D eigenvalue weighted by Gasteiger charge is -2.23. The predicted octanol–water partition coefficient (Wildman–Crippen LogP) is 2.38. The number of carbonyl (C=O) groups excluding carboxylic acids is 1. The van der Waals surface area contributed by atoms with Gasteiger partial charge in [0.05, 0.1) is 6.26 Å². The van der Waals surface area contributed by atoms with Crippen molar-refractivity contribution >= 4 is 11.9 Å². The summed E-state index contributed by atoms with van der Waals surface area (Å²) in [5.41, 5.74) is 0.239. The van der Waals surface area contributed by atoms with Gasteiger partial charge in [0, 0.05) is 13.1 Å². The molecule has 1 N–H and O–H groups in total. The molecule has 1 amide bonds. The number of carboxylic acid groups (broad SMARTS) is 1. The first-order valence-corrected chi connectivity index (χ1v) is 6.71. The summed E-state index contributed by atoms with van der Waals surface area (Å²) < 4.78 is 5.08. The van der Waals surface area contributed by atoms with Gasteiger partial charge in [-0.3, -0.25) is 4.79 Å². The topological polar surface area (TPSA) is 70.7 Å². The fourth-order valence-corrected chi connectivity index (χ4v) is 3.43. The third-order valence-electron chi connectivity index (χ3n) is 4.48. The molecule has 2 fully saturated rings. The molecule has 5 nitrogen and oxygen atoms in total. The number of aromatic carboxylic acids is 1. The van der Waals surface area contributed by atoms with E-state index in [1.807, 2.05) is 0 Å². The standard InChI is InChI=1S/C14H17NO4/c16-12(11-10(13(17)18)3-8-19-11)15-7-6-14(9-15)4-1-2-5-14/h3,8H,1-2,4-7,9H2,(H,17,18). The van der Waals surface area contributed by atoms with E-state index in [1.165, 1.54) is 38.0 Å². The van der Waals surface area contributed by atoms with Gasteiger partial charge in [-0.05, 0) is 30.7 Å². The summed E-state index contributed by atoms with van der Waals surface area (Å²) in [7, 11) is 0. The van der Waals surface area contributed by atoms with Crippen LogP contribution in [0, 0.1) is 5.41 Å². The van der Waals surface area contributed by atoms with Gasteiger partial charge in [0.1, 0.15) is 5.56 Å². The fourth-order valence-electron chi connectivity index (χ4n) is 3.43. The van der Waals surface area contributed by atoms with Gasteiger partial charge >= 0.3 is 5.97 Å². The normalized spacial score (nSPS) is 21.2. The van der Waals surface area contributed by atoms with E-state index in [9.17, 15) is 9.59 Å². The molecule has 0 aromatic carbocycles. The van der Waals surface area contributed by atoms with Gasteiger partial charge in [-0.25, -0.2) is 4.79 Å². The highest BCUT2D eigenvalue weighted by molar-refractivity contribution is 6.02. The number of carbonyl (C=O) groups is 2. The van der Waals surface area contributed by atoms with Crippen molar-refractivity contribution in [1.82, 2.24) is 4.90 Å². The first-order valence-electron chi connectivity index (χ1n) is 6.71. The number of nitrogens with zero attached hydrogens (tertiary/aromatic N) is 1. The number of rotatable bonds is 2. The van der Waals surface area contributed by atoms with E-state index in [1.54, 1.807) is 4.90 Å². The van der Waals surface area contributed by atoms with Crippen LogP contribution < -0.4 is 0 Å². The molecule has 1 aromatic rings. The Kier molecular flexibility index (Phi) is 2.84. The van der Waals surface area contributed by atoms with E-state index in [2.05, 4.69) is 0 Å². The maximum atomic E-state index is 12.3. The first kappa shape index (κ1) is 12.3. The molecule has 0 unspecified atom stereocenters. The molecule has 1 aliphatic heterocycles. The Morgan fingerprint density at radius 2 is 2.00 bits per heavy atom. The molecule has 1 aliphatic carbocycles. The number of likely N-dealkylation sites (tertiary alicyclic amines) is 1. The largest absolute Gasteiger partial charge is 0.478 e. The Balaban J connectivity index is 1.78. The van der Waals surface area contributed by atoms with Crippen LogP contribution in [0.15, 0.2) is 16.7 Å². The second-order valence-electron chi connectivity index (χ2n) is 5.65. The molecule has 5 heteroatoms. The van der Waals surface area contributed by atoms with Crippen LogP contribution in [0.5, 0.6) is 0 Å². The second kappa shape index (κ2) is 4.40. The lowest BCUT2D eigenvalue weighted by molar-refractivity contribution is 0.0667. The van der Waals surface area contributed by atoms with Crippen LogP contribution in [0.4, 0.5) is 0 Å². The third kappa shape index (κ3) is 2.03. The molecule has 2 aliphatic rings. The van der Waals surface area contributed by atoms with Gasteiger partial charge in [0.2, 0.25) is 5.76 Å². The van der Waals surface area contributed by atoms with Gasteiger partial charge in [-0.1, -0.05) is 12.8 Å². The van der Waals surface area contributed by atoms with Crippen molar-refractivity contribution in [2.24, 2.45) is 5.41 Å². The summed E-state index contributed by atoms with van der Waals surface area (Å²) in [6.45, 7) is 1.45. The highest BCUT2D eigenvalue weighted by Crippen LogP contribution is 2.45. The molecule has 102 valence electrons. The summed E-state index contributed by atoms with van der Waals surface area (Å²) in [6, 6.07) is 1.33. The van der Waals surface area contributed by atoms with Crippen molar-refractivity contribution in [3.05, 3.63) is 23.7 Å². The molecule has 0 atom stereocenters. The molecule has 0 bridgehead atoms. The zero-order valence-corrected chi connectivity index (χ0v) is 10.7. The lowest BCUT2D eigenvalue weighted by Crippen LogP contribution is -2.31. The molecule has 2 heterocycles. The molecular weight excluding hydrogens is 246 g/mol. The number of furan rings is 1. The molecule has 1 saturated carbocycles. The smallest absolute Gasteiger partial charge is 0.339 e. The van der Waals surface area contributed by atoms with Crippen molar-refractivity contribution < 1.29 is 19.1 Å². The zero-order chi connectivity index (χ0) is 13.5. The summed E-state index contributed by atoms with van der Waals surface area (Å²) in [5.74, 6) is -1.44. The van der Waals surface area contributed by atoms with E-state index >= 15 is 0 Å². The maximum absolute atomic E-state index is 12.3. The molecule has 0 radical (unpaired) electrons. The van der Waals surface area contributed by atoms with E-state index in [0.29, 0.717) is 6.54 Å². The highest BCUT2D eigenvalue weighted by Gasteiger charge is 2.42. The molecule has 3 rings (SSSR count). The summed E-state index contributed by atoms with van der Waals surface area (Å²) in [4.78, 5) is 25.1. The first-order chi connectivity index (χ1) is 9.11. The minimum absolute atomic E-state index is 0.0393. The van der Waals surface area contributed by atoms with E-state index < -0.39 is 5.97 Å². The van der Waals surface area contributed by atoms with Gasteiger partial charge in [-0.15, -0.1) is 0 Å². The maximum Gasteiger partial charge on any atom is 0.339 e. The Bertz CT molecular complexity index is 513. The van der Waals surface area contributed by atoms with Gasteiger partial charge in [0.25, 0.3) is 5.91 Å². The van der Waals surface area contributed by atoms with Crippen LogP contribution in [0.2, 0.25) is 0 Å². The Morgan fingerprint density at radius 1 is 1.26 bits per heavy atom. The number of hydrogen-bond donors (Lipinski definition) is 1. The monoisotopic (exact) mass is 263 g/mol. The summed E-state index contributed by atoms with van der Waals surface area (Å²) in [5, 5.41) is 9.02. The molecule has 1 spiro atoms. The lowest BCUT2D eigenvalue weighted by atomic mass is 9.86. The van der Waals surface area contributed by atoms with E-state index in [-0.39, 0.29) is 22.6 Å². The van der Waals surface area contributed by atoms with Crippen molar-refractivity contribution in [2.75, 3.05) is 13.1 Å². The van der Waals surface area contributed by atoms with Crippen LogP contribution in [-0.2, 0) is 0 Å². The van der Waals surface area contributed by atoms with E-state index in [0.717, 1.165) is 13.0 Å². The third-order valence-corrected chi connectivity index (χ3v) is 4.48. The molecule has 1 aromatic heterocycles. The number of carboxylic acids is 1. The van der Waals surface area contributed by atoms with Crippen molar-refractivity contribution in [2.45, 2.75) is 32.1 Å². The van der Waals surface area contributed by atoms with Crippen LogP contribution in [0.1, 0.15) is 53.0 Å². The zero-order valence-electron chi connectivity index (χ0n) is 10.7. The van der Waals surface area contributed by atoms with Gasteiger partial charge < -0.3 is 14.4 Å². The van der Waals surface area contributed by atoms with Crippen LogP contribution in [0.3, 0.4) is 0 Å². The Morgan fingerprint density at radius 3 is 2.68 bits per heavy atom. The molecule has 19 heavy (non-hydrogen) atoms. The van der Waals surface area contributed by atoms with Crippen molar-refractivity contribution in [1.29, 1.82) is 0 Å². The van der Waals surface area contributed by atoms with Gasteiger partial charge in [0.15, 0.2) is 0 Å². The fraction of sp³-hybridized carbons (Fsp3) is 0.571. The average molecular weight is 263 g/mol. The summed E-state index contributed by atoms with van der Waals surface area (Å²) >= 11 is 0. The minimum atomic E-state index is -1.12. The Hall–Kier alpha value is -1.78. The van der Waals surface area contributed by atoms with Crippen LogP contribution >= 0.6 is 0 Å². The van der Waals surface area contributed by atoms with Crippen LogP contribution in [0.25, 0.3) is 0 Å². The minimum Gasteiger partial charge on any atom is -0.478 e. The quantitative estimate of drug-likeness (QED) is 0.889. The average Bonchev–Trinajstić information content (AvgIpc) is 3.10.